The molecule has 1 amide bonds. The van der Waals surface area contributed by atoms with Crippen LogP contribution in [0.1, 0.15) is 34.6 Å². The molecule has 0 radical (unpaired) electrons. The number of nitrogens with one attached hydrogen (secondary N) is 1. The quantitative estimate of drug-likeness (QED) is 0.535. The zero-order chi connectivity index (χ0) is 21.0. The van der Waals surface area contributed by atoms with Crippen molar-refractivity contribution in [1.29, 1.82) is 0 Å². The van der Waals surface area contributed by atoms with E-state index in [9.17, 15) is 18.0 Å². The van der Waals surface area contributed by atoms with Gasteiger partial charge in [-0.1, -0.05) is 17.7 Å². The second-order valence-corrected chi connectivity index (χ2v) is 6.84. The van der Waals surface area contributed by atoms with Crippen molar-refractivity contribution in [3.8, 4) is 5.75 Å². The van der Waals surface area contributed by atoms with Gasteiger partial charge >= 0.3 is 0 Å². The molecule has 0 saturated carbocycles. The minimum Gasteiger partial charge on any atom is -0.485 e. The summed E-state index contributed by atoms with van der Waals surface area (Å²) in [6, 6.07) is 5.01. The van der Waals surface area contributed by atoms with Gasteiger partial charge in [0.25, 0.3) is 5.91 Å². The number of nitrogens with zero attached hydrogens (tertiary/aromatic N) is 2. The van der Waals surface area contributed by atoms with Gasteiger partial charge in [0.1, 0.15) is 23.9 Å². The van der Waals surface area contributed by atoms with E-state index in [0.29, 0.717) is 25.1 Å². The lowest BCUT2D eigenvalue weighted by Gasteiger charge is -2.11. The van der Waals surface area contributed by atoms with Crippen LogP contribution in [0.15, 0.2) is 30.5 Å². The van der Waals surface area contributed by atoms with Crippen LogP contribution in [0.3, 0.4) is 0 Å². The average molecular weight is 426 g/mol. The number of aryl methyl sites for hydroxylation is 1. The predicted octanol–water partition coefficient (Wildman–Crippen LogP) is 4.63. The first-order valence-electron chi connectivity index (χ1n) is 9.00. The summed E-state index contributed by atoms with van der Waals surface area (Å²) in [7, 11) is 0. The highest BCUT2D eigenvalue weighted by Crippen LogP contribution is 2.28. The Morgan fingerprint density at radius 2 is 2.00 bits per heavy atom. The fourth-order valence-corrected chi connectivity index (χ4v) is 3.10. The van der Waals surface area contributed by atoms with Crippen LogP contribution in [0.5, 0.6) is 5.75 Å². The van der Waals surface area contributed by atoms with Gasteiger partial charge in [-0.25, -0.2) is 13.8 Å². The number of imidazole rings is 1. The topological polar surface area (TPSA) is 55.6 Å². The first kappa shape index (κ1) is 21.0. The number of unbranched alkanes of at least 4 members (excludes halogenated alkanes) is 1. The van der Waals surface area contributed by atoms with Gasteiger partial charge in [-0.2, -0.15) is 0 Å². The Morgan fingerprint density at radius 1 is 1.28 bits per heavy atom. The summed E-state index contributed by atoms with van der Waals surface area (Å²) >= 11 is 6.15. The number of pyridine rings is 1. The molecule has 0 fully saturated rings. The van der Waals surface area contributed by atoms with Crippen LogP contribution in [-0.2, 0) is 6.61 Å². The molecule has 0 atom stereocenters. The second-order valence-electron chi connectivity index (χ2n) is 6.40. The van der Waals surface area contributed by atoms with Crippen LogP contribution < -0.4 is 10.1 Å². The molecule has 0 spiro atoms. The molecule has 0 bridgehead atoms. The molecular formula is C20H19ClF3N3O2. The number of amides is 1. The molecule has 0 unspecified atom stereocenters. The molecule has 1 N–H and O–H groups in total. The number of aromatic nitrogens is 2. The van der Waals surface area contributed by atoms with Crippen LogP contribution >= 0.6 is 11.6 Å². The minimum atomic E-state index is -0.726. The summed E-state index contributed by atoms with van der Waals surface area (Å²) in [6.07, 6.45) is 2.38. The number of hydrogen-bond donors (Lipinski definition) is 1. The molecule has 0 aliphatic carbocycles. The SMILES string of the molecule is Cc1nc2c(OCc3c(F)cccc3F)cc(Cl)cn2c1C(=O)NCCCCF. The number of halogens is 4. The summed E-state index contributed by atoms with van der Waals surface area (Å²) in [5.74, 6) is -1.66. The fourth-order valence-electron chi connectivity index (χ4n) is 2.90. The van der Waals surface area contributed by atoms with Crippen LogP contribution in [0.4, 0.5) is 13.2 Å². The molecule has 0 aliphatic heterocycles. The van der Waals surface area contributed by atoms with Crippen LogP contribution in [0.25, 0.3) is 5.65 Å². The van der Waals surface area contributed by atoms with E-state index in [1.54, 1.807) is 6.92 Å². The Morgan fingerprint density at radius 3 is 2.69 bits per heavy atom. The third kappa shape index (κ3) is 4.64. The number of hydrogen-bond acceptors (Lipinski definition) is 3. The maximum atomic E-state index is 13.9. The van der Waals surface area contributed by atoms with E-state index < -0.39 is 18.3 Å². The Labute approximate surface area is 170 Å². The van der Waals surface area contributed by atoms with Gasteiger partial charge in [0.05, 0.1) is 23.0 Å². The molecule has 2 aromatic heterocycles. The molecule has 29 heavy (non-hydrogen) atoms. The minimum absolute atomic E-state index is 0.180. The smallest absolute Gasteiger partial charge is 0.270 e. The number of ether oxygens (including phenoxy) is 1. The van der Waals surface area contributed by atoms with Crippen molar-refractivity contribution >= 4 is 23.2 Å². The van der Waals surface area contributed by atoms with Crippen molar-refractivity contribution < 1.29 is 22.7 Å². The standard InChI is InChI=1S/C20H19ClF3N3O2/c1-12-18(20(28)25-8-3-2-7-22)27-10-13(21)9-17(19(27)26-12)29-11-14-15(23)5-4-6-16(14)24/h4-6,9-10H,2-3,7-8,11H2,1H3,(H,25,28). The van der Waals surface area contributed by atoms with Gasteiger partial charge in [-0.15, -0.1) is 0 Å². The molecule has 5 nitrogen and oxygen atoms in total. The van der Waals surface area contributed by atoms with Crippen molar-refractivity contribution in [2.45, 2.75) is 26.4 Å². The third-order valence-corrected chi connectivity index (χ3v) is 4.53. The maximum absolute atomic E-state index is 13.9. The molecule has 3 rings (SSSR count). The van der Waals surface area contributed by atoms with Gasteiger partial charge in [-0.05, 0) is 31.9 Å². The lowest BCUT2D eigenvalue weighted by molar-refractivity contribution is 0.0946. The zero-order valence-electron chi connectivity index (χ0n) is 15.6. The Kier molecular flexibility index (Phi) is 6.64. The van der Waals surface area contributed by atoms with Crippen molar-refractivity contribution in [3.63, 3.8) is 0 Å². The molecule has 0 saturated heterocycles. The number of carbonyl (C=O) groups is 1. The number of fused-ring (bicyclic) bond motifs is 1. The normalized spacial score (nSPS) is 11.1. The lowest BCUT2D eigenvalue weighted by Crippen LogP contribution is -2.26. The highest BCUT2D eigenvalue weighted by molar-refractivity contribution is 6.30. The van der Waals surface area contributed by atoms with Gasteiger partial charge in [0.15, 0.2) is 11.4 Å². The van der Waals surface area contributed by atoms with Crippen molar-refractivity contribution in [3.05, 3.63) is 64.1 Å². The third-order valence-electron chi connectivity index (χ3n) is 4.32. The highest BCUT2D eigenvalue weighted by Gasteiger charge is 2.20. The van der Waals surface area contributed by atoms with Crippen molar-refractivity contribution in [2.75, 3.05) is 13.2 Å². The lowest BCUT2D eigenvalue weighted by atomic mass is 10.2. The van der Waals surface area contributed by atoms with E-state index >= 15 is 0 Å². The number of alkyl halides is 1. The average Bonchev–Trinajstić information content (AvgIpc) is 3.00. The molecular weight excluding hydrogens is 407 g/mol. The van der Waals surface area contributed by atoms with Crippen LogP contribution in [0.2, 0.25) is 5.02 Å². The molecule has 154 valence electrons. The number of carbonyl (C=O) groups excluding carboxylic acids is 1. The molecule has 3 aromatic rings. The largest absolute Gasteiger partial charge is 0.485 e. The Bertz CT molecular complexity index is 1020. The summed E-state index contributed by atoms with van der Waals surface area (Å²) in [4.78, 5) is 16.9. The summed E-state index contributed by atoms with van der Waals surface area (Å²) in [5.41, 5.74) is 0.749. The zero-order valence-corrected chi connectivity index (χ0v) is 16.4. The van der Waals surface area contributed by atoms with Crippen molar-refractivity contribution in [1.82, 2.24) is 14.7 Å². The molecule has 2 heterocycles. The molecule has 9 heteroatoms. The van der Waals surface area contributed by atoms with E-state index in [2.05, 4.69) is 10.3 Å². The Balaban J connectivity index is 1.89. The number of benzene rings is 1. The summed E-state index contributed by atoms with van der Waals surface area (Å²) in [6.45, 7) is 1.16. The first-order chi connectivity index (χ1) is 13.9. The molecule has 0 aliphatic rings. The monoisotopic (exact) mass is 425 g/mol. The fraction of sp³-hybridized carbons (Fsp3) is 0.300. The van der Waals surface area contributed by atoms with Gasteiger partial charge in [-0.3, -0.25) is 13.6 Å². The van der Waals surface area contributed by atoms with E-state index in [4.69, 9.17) is 16.3 Å². The summed E-state index contributed by atoms with van der Waals surface area (Å²) < 4.78 is 47.0. The van der Waals surface area contributed by atoms with Gasteiger partial charge in [0, 0.05) is 18.8 Å². The Hall–Kier alpha value is -2.74. The van der Waals surface area contributed by atoms with E-state index in [0.717, 1.165) is 12.1 Å². The van der Waals surface area contributed by atoms with E-state index in [1.807, 2.05) is 0 Å². The van der Waals surface area contributed by atoms with Gasteiger partial charge in [0.2, 0.25) is 0 Å². The summed E-state index contributed by atoms with van der Waals surface area (Å²) in [5, 5.41) is 2.97. The van der Waals surface area contributed by atoms with E-state index in [1.165, 1.54) is 22.7 Å². The maximum Gasteiger partial charge on any atom is 0.270 e. The van der Waals surface area contributed by atoms with Crippen molar-refractivity contribution in [2.24, 2.45) is 0 Å². The number of rotatable bonds is 8. The predicted molar refractivity (Wildman–Crippen MR) is 103 cm³/mol. The van der Waals surface area contributed by atoms with E-state index in [-0.39, 0.29) is 40.2 Å². The van der Waals surface area contributed by atoms with Gasteiger partial charge < -0.3 is 10.1 Å². The van der Waals surface area contributed by atoms with Crippen LogP contribution in [0, 0.1) is 18.6 Å². The van der Waals surface area contributed by atoms with Crippen LogP contribution in [-0.4, -0.2) is 28.5 Å². The highest BCUT2D eigenvalue weighted by atomic mass is 35.5. The molecule has 1 aromatic carbocycles. The first-order valence-corrected chi connectivity index (χ1v) is 9.38. The second kappa shape index (κ2) is 9.17.